The van der Waals surface area contributed by atoms with E-state index < -0.39 is 0 Å². The molecule has 0 spiro atoms. The molecular formula is C7H16O2Si. The number of rotatable bonds is 6. The molecule has 0 aromatic rings. The van der Waals surface area contributed by atoms with Crippen molar-refractivity contribution >= 4 is 10.5 Å². The average Bonchev–Trinajstić information content (AvgIpc) is 1.99. The Morgan fingerprint density at radius 2 is 2.40 bits per heavy atom. The molecule has 2 nitrogen and oxygen atoms in total. The van der Waals surface area contributed by atoms with Crippen LogP contribution in [0.25, 0.3) is 0 Å². The molecule has 0 radical (unpaired) electrons. The fourth-order valence-corrected chi connectivity index (χ4v) is 1.10. The Balaban J connectivity index is 3.16. The molecular weight excluding hydrogens is 144 g/mol. The minimum atomic E-state index is 0.0200. The maximum absolute atomic E-state index is 5.32. The molecule has 0 bridgehead atoms. The van der Waals surface area contributed by atoms with Gasteiger partial charge in [-0.05, 0) is 12.8 Å². The van der Waals surface area contributed by atoms with Gasteiger partial charge in [0.15, 0.2) is 0 Å². The first kappa shape index (κ1) is 9.88. The lowest BCUT2D eigenvalue weighted by Crippen LogP contribution is -2.14. The fraction of sp³-hybridized carbons (Fsp3) is 0.714. The van der Waals surface area contributed by atoms with Gasteiger partial charge in [0.25, 0.3) is 0 Å². The highest BCUT2D eigenvalue weighted by Crippen LogP contribution is 1.98. The third kappa shape index (κ3) is 4.73. The van der Waals surface area contributed by atoms with E-state index in [-0.39, 0.29) is 6.29 Å². The second-order valence-corrected chi connectivity index (χ2v) is 2.49. The second-order valence-electron chi connectivity index (χ2n) is 2.02. The largest absolute Gasteiger partial charge is 0.404 e. The lowest BCUT2D eigenvalue weighted by molar-refractivity contribution is -0.0763. The third-order valence-corrected chi connectivity index (χ3v) is 1.75. The predicted molar refractivity (Wildman–Crippen MR) is 45.9 cm³/mol. The van der Waals surface area contributed by atoms with Crippen LogP contribution in [0, 0.1) is 0 Å². The molecule has 0 saturated carbocycles. The molecule has 1 unspecified atom stereocenters. The zero-order chi connectivity index (χ0) is 7.82. The average molecular weight is 160 g/mol. The van der Waals surface area contributed by atoms with Crippen molar-refractivity contribution in [1.82, 2.24) is 0 Å². The molecule has 0 rings (SSSR count). The molecule has 1 atom stereocenters. The molecule has 3 heteroatoms. The Hall–Kier alpha value is -0.123. The van der Waals surface area contributed by atoms with Crippen molar-refractivity contribution in [2.45, 2.75) is 26.1 Å². The molecule has 0 N–H and O–H groups in total. The SMILES string of the molecule is C=CCCOC(CC)O[SiH3]. The van der Waals surface area contributed by atoms with Crippen LogP contribution < -0.4 is 0 Å². The van der Waals surface area contributed by atoms with Gasteiger partial charge in [-0.2, -0.15) is 0 Å². The second kappa shape index (κ2) is 6.99. The summed E-state index contributed by atoms with van der Waals surface area (Å²) in [6.45, 7) is 6.38. The van der Waals surface area contributed by atoms with Crippen LogP contribution >= 0.6 is 0 Å². The van der Waals surface area contributed by atoms with E-state index in [9.17, 15) is 0 Å². The van der Waals surface area contributed by atoms with Crippen LogP contribution in [0.1, 0.15) is 19.8 Å². The molecule has 0 aromatic carbocycles. The fourth-order valence-electron chi connectivity index (χ4n) is 0.635. The lowest BCUT2D eigenvalue weighted by Gasteiger charge is -2.13. The van der Waals surface area contributed by atoms with Crippen molar-refractivity contribution in [1.29, 1.82) is 0 Å². The van der Waals surface area contributed by atoms with Crippen molar-refractivity contribution in [2.75, 3.05) is 6.61 Å². The molecule has 0 aliphatic rings. The highest BCUT2D eigenvalue weighted by Gasteiger charge is 2.00. The molecule has 0 aromatic heterocycles. The standard InChI is InChI=1S/C7H16O2Si/c1-3-5-6-8-7(4-2)9-10/h3,7H,1,4-6H2,2,10H3. The predicted octanol–water partition coefficient (Wildman–Crippen LogP) is 0.612. The van der Waals surface area contributed by atoms with E-state index in [1.807, 2.05) is 6.08 Å². The first-order chi connectivity index (χ1) is 4.85. The Morgan fingerprint density at radius 3 is 2.80 bits per heavy atom. The Kier molecular flexibility index (Phi) is 6.90. The van der Waals surface area contributed by atoms with E-state index in [0.29, 0.717) is 0 Å². The summed E-state index contributed by atoms with van der Waals surface area (Å²) in [7, 11) is 0.749. The Bertz CT molecular complexity index is 81.7. The van der Waals surface area contributed by atoms with Crippen LogP contribution in [-0.2, 0) is 9.16 Å². The van der Waals surface area contributed by atoms with E-state index in [2.05, 4.69) is 13.5 Å². The van der Waals surface area contributed by atoms with E-state index in [1.165, 1.54) is 0 Å². The summed E-state index contributed by atoms with van der Waals surface area (Å²) in [6.07, 6.45) is 3.70. The van der Waals surface area contributed by atoms with Crippen LogP contribution in [0.3, 0.4) is 0 Å². The van der Waals surface area contributed by atoms with Crippen molar-refractivity contribution < 1.29 is 9.16 Å². The van der Waals surface area contributed by atoms with Gasteiger partial charge in [0.2, 0.25) is 0 Å². The van der Waals surface area contributed by atoms with Gasteiger partial charge in [0.1, 0.15) is 16.8 Å². The van der Waals surface area contributed by atoms with E-state index in [4.69, 9.17) is 9.16 Å². The summed E-state index contributed by atoms with van der Waals surface area (Å²) < 4.78 is 10.5. The molecule has 0 fully saturated rings. The first-order valence-electron chi connectivity index (χ1n) is 3.60. The van der Waals surface area contributed by atoms with Crippen LogP contribution in [0.15, 0.2) is 12.7 Å². The highest BCUT2D eigenvalue weighted by molar-refractivity contribution is 5.98. The minimum absolute atomic E-state index is 0.0200. The van der Waals surface area contributed by atoms with Crippen molar-refractivity contribution in [3.8, 4) is 0 Å². The normalized spacial score (nSPS) is 13.3. The molecule has 0 saturated heterocycles. The van der Waals surface area contributed by atoms with Crippen LogP contribution in [0.4, 0.5) is 0 Å². The van der Waals surface area contributed by atoms with Gasteiger partial charge in [-0.3, -0.25) is 0 Å². The lowest BCUT2D eigenvalue weighted by atomic mass is 10.4. The Morgan fingerprint density at radius 1 is 1.70 bits per heavy atom. The zero-order valence-electron chi connectivity index (χ0n) is 6.80. The quantitative estimate of drug-likeness (QED) is 0.245. The minimum Gasteiger partial charge on any atom is -0.404 e. The monoisotopic (exact) mass is 160 g/mol. The number of hydrogen-bond acceptors (Lipinski definition) is 2. The topological polar surface area (TPSA) is 18.5 Å². The van der Waals surface area contributed by atoms with Gasteiger partial charge in [-0.1, -0.05) is 13.0 Å². The third-order valence-electron chi connectivity index (χ3n) is 1.22. The first-order valence-corrected chi connectivity index (χ1v) is 4.42. The molecule has 0 amide bonds. The summed E-state index contributed by atoms with van der Waals surface area (Å²) in [4.78, 5) is 0. The van der Waals surface area contributed by atoms with Crippen LogP contribution in [0.5, 0.6) is 0 Å². The smallest absolute Gasteiger partial charge is 0.149 e. The van der Waals surface area contributed by atoms with Crippen LogP contribution in [-0.4, -0.2) is 23.4 Å². The Labute approximate surface area is 65.8 Å². The van der Waals surface area contributed by atoms with Crippen molar-refractivity contribution in [3.05, 3.63) is 12.7 Å². The van der Waals surface area contributed by atoms with Crippen LogP contribution in [0.2, 0.25) is 0 Å². The van der Waals surface area contributed by atoms with E-state index >= 15 is 0 Å². The highest BCUT2D eigenvalue weighted by atomic mass is 28.2. The summed E-state index contributed by atoms with van der Waals surface area (Å²) in [6, 6.07) is 0. The number of ether oxygens (including phenoxy) is 1. The maximum atomic E-state index is 5.32. The summed E-state index contributed by atoms with van der Waals surface area (Å²) in [5, 5.41) is 0. The van der Waals surface area contributed by atoms with Gasteiger partial charge < -0.3 is 9.16 Å². The summed E-state index contributed by atoms with van der Waals surface area (Å²) >= 11 is 0. The summed E-state index contributed by atoms with van der Waals surface area (Å²) in [5.41, 5.74) is 0. The zero-order valence-corrected chi connectivity index (χ0v) is 8.80. The number of hydrogen-bond donors (Lipinski definition) is 0. The molecule has 60 valence electrons. The molecule has 0 aliphatic carbocycles. The van der Waals surface area contributed by atoms with Gasteiger partial charge in [-0.15, -0.1) is 6.58 Å². The van der Waals surface area contributed by atoms with E-state index in [1.54, 1.807) is 0 Å². The molecule has 10 heavy (non-hydrogen) atoms. The molecule has 0 heterocycles. The van der Waals surface area contributed by atoms with E-state index in [0.717, 1.165) is 29.9 Å². The van der Waals surface area contributed by atoms with Gasteiger partial charge in [0.05, 0.1) is 6.61 Å². The molecule has 0 aliphatic heterocycles. The van der Waals surface area contributed by atoms with Gasteiger partial charge in [0, 0.05) is 0 Å². The van der Waals surface area contributed by atoms with Gasteiger partial charge >= 0.3 is 0 Å². The maximum Gasteiger partial charge on any atom is 0.149 e. The summed E-state index contributed by atoms with van der Waals surface area (Å²) in [5.74, 6) is 0. The van der Waals surface area contributed by atoms with Gasteiger partial charge in [-0.25, -0.2) is 0 Å². The van der Waals surface area contributed by atoms with Crippen molar-refractivity contribution in [2.24, 2.45) is 0 Å². The van der Waals surface area contributed by atoms with Crippen molar-refractivity contribution in [3.63, 3.8) is 0 Å².